The van der Waals surface area contributed by atoms with Gasteiger partial charge < -0.3 is 10.6 Å². The van der Waals surface area contributed by atoms with Crippen molar-refractivity contribution in [2.75, 3.05) is 23.7 Å². The minimum atomic E-state index is 0.949. The number of aromatic nitrogens is 4. The first-order valence-electron chi connectivity index (χ1n) is 17.4. The lowest BCUT2D eigenvalue weighted by Gasteiger charge is -2.17. The number of benzene rings is 2. The van der Waals surface area contributed by atoms with E-state index in [1.807, 2.05) is 0 Å². The van der Waals surface area contributed by atoms with Crippen LogP contribution in [0.5, 0.6) is 0 Å². The molecule has 0 radical (unpaired) electrons. The molecule has 2 aromatic carbocycles. The zero-order valence-corrected chi connectivity index (χ0v) is 27.4. The van der Waals surface area contributed by atoms with Crippen LogP contribution in [0.25, 0.3) is 33.8 Å². The van der Waals surface area contributed by atoms with Crippen LogP contribution in [0.1, 0.15) is 74.6 Å². The van der Waals surface area contributed by atoms with Crippen molar-refractivity contribution in [3.05, 3.63) is 107 Å². The molecule has 6 aromatic rings. The lowest BCUT2D eigenvalue weighted by Crippen LogP contribution is -2.07. The number of anilines is 2. The fourth-order valence-electron chi connectivity index (χ4n) is 6.86. The molecule has 2 N–H and O–H groups in total. The summed E-state index contributed by atoms with van der Waals surface area (Å²) in [6.45, 7) is 6.41. The van der Waals surface area contributed by atoms with Gasteiger partial charge in [0.1, 0.15) is 34.3 Å². The van der Waals surface area contributed by atoms with E-state index in [9.17, 15) is 0 Å². The van der Waals surface area contributed by atoms with Crippen molar-refractivity contribution < 1.29 is 0 Å². The number of rotatable bonds is 12. The van der Waals surface area contributed by atoms with Gasteiger partial charge in [-0.15, -0.1) is 0 Å². The first-order chi connectivity index (χ1) is 22.7. The van der Waals surface area contributed by atoms with Crippen LogP contribution in [0.15, 0.2) is 85.2 Å². The SMILES string of the molecule is CCCCCNc1c(-c2cc3ccc2CCc2ccc(c(-c4nc5ccccn5c4NCCCCC)c2)CC3)nc2ccccn12. The van der Waals surface area contributed by atoms with E-state index in [1.54, 1.807) is 0 Å². The van der Waals surface area contributed by atoms with Crippen LogP contribution in [0, 0.1) is 0 Å². The minimum absolute atomic E-state index is 0.949. The predicted molar refractivity (Wildman–Crippen MR) is 192 cm³/mol. The second-order valence-corrected chi connectivity index (χ2v) is 12.7. The van der Waals surface area contributed by atoms with Crippen molar-refractivity contribution in [3.63, 3.8) is 0 Å². The summed E-state index contributed by atoms with van der Waals surface area (Å²) in [5.74, 6) is 2.21. The summed E-state index contributed by atoms with van der Waals surface area (Å²) in [7, 11) is 0. The Kier molecular flexibility index (Phi) is 9.04. The maximum Gasteiger partial charge on any atom is 0.139 e. The number of unbranched alkanes of at least 4 members (excludes halogenated alkanes) is 4. The highest BCUT2D eigenvalue weighted by Gasteiger charge is 2.21. The number of nitrogens with one attached hydrogen (secondary N) is 2. The van der Waals surface area contributed by atoms with Crippen molar-refractivity contribution in [2.45, 2.75) is 78.1 Å². The minimum Gasteiger partial charge on any atom is -0.369 e. The van der Waals surface area contributed by atoms with Crippen LogP contribution < -0.4 is 10.6 Å². The summed E-state index contributed by atoms with van der Waals surface area (Å²) in [4.78, 5) is 10.4. The molecule has 4 heterocycles. The van der Waals surface area contributed by atoms with E-state index in [0.29, 0.717) is 0 Å². The van der Waals surface area contributed by atoms with Crippen LogP contribution in [0.3, 0.4) is 0 Å². The highest BCUT2D eigenvalue weighted by molar-refractivity contribution is 5.81. The second kappa shape index (κ2) is 13.8. The molecule has 46 heavy (non-hydrogen) atoms. The number of imidazole rings is 2. The largest absolute Gasteiger partial charge is 0.369 e. The monoisotopic (exact) mass is 610 g/mol. The molecule has 0 amide bonds. The van der Waals surface area contributed by atoms with E-state index in [2.05, 4.69) is 118 Å². The standard InChI is InChI=1S/C40H46N6/c1-3-5-9-23-41-39-37(43-35-13-7-11-25-45(35)39)33-27-29-15-19-31(33)21-17-30-16-20-32(22-18-29)34(28-30)38-40(42-24-10-6-4-2)46-26-12-8-14-36(46)44-38/h7-8,11-16,19-20,25-28,41-42H,3-6,9-10,17-18,21-24H2,1-2H3. The summed E-state index contributed by atoms with van der Waals surface area (Å²) < 4.78 is 4.43. The average Bonchev–Trinajstić information content (AvgIpc) is 3.64. The zero-order valence-electron chi connectivity index (χ0n) is 27.4. The number of hydrogen-bond acceptors (Lipinski definition) is 4. The summed E-state index contributed by atoms with van der Waals surface area (Å²) in [6, 6.07) is 26.7. The summed E-state index contributed by atoms with van der Waals surface area (Å²) in [5, 5.41) is 7.54. The average molecular weight is 611 g/mol. The molecule has 236 valence electrons. The Morgan fingerprint density at radius 3 is 1.50 bits per heavy atom. The van der Waals surface area contributed by atoms with Gasteiger partial charge in [-0.25, -0.2) is 9.97 Å². The molecular formula is C40H46N6. The van der Waals surface area contributed by atoms with E-state index >= 15 is 0 Å². The van der Waals surface area contributed by atoms with Gasteiger partial charge in [-0.1, -0.05) is 75.9 Å². The van der Waals surface area contributed by atoms with Gasteiger partial charge in [0.2, 0.25) is 0 Å². The van der Waals surface area contributed by atoms with Crippen molar-refractivity contribution in [2.24, 2.45) is 0 Å². The molecule has 0 saturated carbocycles. The van der Waals surface area contributed by atoms with Crippen LogP contribution >= 0.6 is 0 Å². The van der Waals surface area contributed by atoms with Crippen LogP contribution in [0.4, 0.5) is 11.6 Å². The maximum absolute atomic E-state index is 5.20. The van der Waals surface area contributed by atoms with Crippen LogP contribution in [-0.4, -0.2) is 31.9 Å². The molecule has 4 aromatic heterocycles. The number of pyridine rings is 2. The van der Waals surface area contributed by atoms with Gasteiger partial charge in [0, 0.05) is 36.6 Å². The molecule has 0 saturated heterocycles. The molecule has 4 aliphatic rings. The molecule has 0 atom stereocenters. The van der Waals surface area contributed by atoms with E-state index in [-0.39, 0.29) is 0 Å². The van der Waals surface area contributed by atoms with Gasteiger partial charge in [0.15, 0.2) is 0 Å². The normalized spacial score (nSPS) is 12.9. The smallest absolute Gasteiger partial charge is 0.139 e. The number of nitrogens with zero attached hydrogens (tertiary/aromatic N) is 4. The van der Waals surface area contributed by atoms with Crippen molar-refractivity contribution in [1.82, 2.24) is 18.8 Å². The van der Waals surface area contributed by atoms with Crippen molar-refractivity contribution >= 4 is 22.9 Å². The quantitative estimate of drug-likeness (QED) is 0.136. The van der Waals surface area contributed by atoms with E-state index in [0.717, 1.165) is 85.9 Å². The molecule has 6 nitrogen and oxygen atoms in total. The van der Waals surface area contributed by atoms with Gasteiger partial charge in [0.25, 0.3) is 0 Å². The summed E-state index contributed by atoms with van der Waals surface area (Å²) in [5.41, 5.74) is 12.0. The van der Waals surface area contributed by atoms with E-state index in [4.69, 9.17) is 9.97 Å². The number of hydrogen-bond donors (Lipinski definition) is 2. The highest BCUT2D eigenvalue weighted by Crippen LogP contribution is 2.36. The Hall–Kier alpha value is -4.58. The van der Waals surface area contributed by atoms with Crippen molar-refractivity contribution in [1.29, 1.82) is 0 Å². The van der Waals surface area contributed by atoms with Gasteiger partial charge in [0.05, 0.1) is 0 Å². The Bertz CT molecular complexity index is 1810. The van der Waals surface area contributed by atoms with Crippen molar-refractivity contribution in [3.8, 4) is 22.5 Å². The number of aryl methyl sites for hydroxylation is 4. The Morgan fingerprint density at radius 2 is 1.04 bits per heavy atom. The molecule has 4 bridgehead atoms. The Morgan fingerprint density at radius 1 is 0.565 bits per heavy atom. The lowest BCUT2D eigenvalue weighted by atomic mass is 9.89. The third-order valence-corrected chi connectivity index (χ3v) is 9.43. The topological polar surface area (TPSA) is 58.7 Å². The Labute approximate surface area is 272 Å². The molecule has 6 heteroatoms. The molecule has 0 fully saturated rings. The van der Waals surface area contributed by atoms with Gasteiger partial charge in [-0.3, -0.25) is 8.80 Å². The fraction of sp³-hybridized carbons (Fsp3) is 0.350. The molecule has 10 rings (SSSR count). The van der Waals surface area contributed by atoms with Crippen LogP contribution in [-0.2, 0) is 25.7 Å². The Balaban J connectivity index is 1.25. The fourth-order valence-corrected chi connectivity index (χ4v) is 6.86. The molecule has 0 unspecified atom stereocenters. The maximum atomic E-state index is 5.20. The number of fused-ring (bicyclic) bond motifs is 2. The highest BCUT2D eigenvalue weighted by atomic mass is 15.1. The van der Waals surface area contributed by atoms with Gasteiger partial charge >= 0.3 is 0 Å². The molecular weight excluding hydrogens is 564 g/mol. The third kappa shape index (κ3) is 6.13. The lowest BCUT2D eigenvalue weighted by molar-refractivity contribution is 0.742. The molecule has 0 aliphatic heterocycles. The predicted octanol–water partition coefficient (Wildman–Crippen LogP) is 9.40. The van der Waals surface area contributed by atoms with E-state index in [1.165, 1.54) is 59.1 Å². The molecule has 0 spiro atoms. The summed E-state index contributed by atoms with van der Waals surface area (Å²) in [6.07, 6.45) is 15.3. The zero-order chi connectivity index (χ0) is 31.3. The van der Waals surface area contributed by atoms with Gasteiger partial charge in [-0.05, 0) is 97.2 Å². The van der Waals surface area contributed by atoms with E-state index < -0.39 is 0 Å². The first-order valence-corrected chi connectivity index (χ1v) is 17.4. The third-order valence-electron chi connectivity index (χ3n) is 9.43. The van der Waals surface area contributed by atoms with Crippen LogP contribution in [0.2, 0.25) is 0 Å². The summed E-state index contributed by atoms with van der Waals surface area (Å²) >= 11 is 0. The molecule has 4 aliphatic carbocycles. The first kappa shape index (κ1) is 30.1. The second-order valence-electron chi connectivity index (χ2n) is 12.7. The van der Waals surface area contributed by atoms with Gasteiger partial charge in [-0.2, -0.15) is 0 Å².